The summed E-state index contributed by atoms with van der Waals surface area (Å²) in [5.41, 5.74) is 5.80. The molecule has 0 saturated carbocycles. The smallest absolute Gasteiger partial charge is 0.171 e. The number of amidine groups is 1. The molecule has 0 aliphatic heterocycles. The third-order valence-corrected chi connectivity index (χ3v) is 4.62. The SMILES string of the molecule is CS(=O)(=O)CCSc1nccc(/C(N)=N/O)c1Cl. The first kappa shape index (κ1) is 15.1. The third kappa shape index (κ3) is 4.35. The Labute approximate surface area is 114 Å². The van der Waals surface area contributed by atoms with Gasteiger partial charge in [-0.05, 0) is 6.07 Å². The molecule has 9 heteroatoms. The van der Waals surface area contributed by atoms with Crippen LogP contribution in [0.5, 0.6) is 0 Å². The van der Waals surface area contributed by atoms with E-state index in [1.807, 2.05) is 0 Å². The summed E-state index contributed by atoms with van der Waals surface area (Å²) in [6, 6.07) is 1.51. The van der Waals surface area contributed by atoms with E-state index in [0.717, 1.165) is 6.26 Å². The molecule has 0 amide bonds. The number of oxime groups is 1. The maximum Gasteiger partial charge on any atom is 0.171 e. The van der Waals surface area contributed by atoms with Crippen molar-refractivity contribution in [2.45, 2.75) is 5.03 Å². The summed E-state index contributed by atoms with van der Waals surface area (Å²) in [4.78, 5) is 4.02. The van der Waals surface area contributed by atoms with Gasteiger partial charge in [0, 0.05) is 23.8 Å². The maximum atomic E-state index is 11.0. The van der Waals surface area contributed by atoms with E-state index in [1.54, 1.807) is 0 Å². The zero-order chi connectivity index (χ0) is 13.8. The Morgan fingerprint density at radius 3 is 2.89 bits per heavy atom. The molecular formula is C9H12ClN3O3S2. The molecule has 0 aliphatic carbocycles. The van der Waals surface area contributed by atoms with E-state index in [4.69, 9.17) is 22.5 Å². The van der Waals surface area contributed by atoms with Crippen LogP contribution in [0.3, 0.4) is 0 Å². The van der Waals surface area contributed by atoms with Crippen LogP contribution in [0.2, 0.25) is 5.02 Å². The Kier molecular flexibility index (Phi) is 5.24. The second-order valence-electron chi connectivity index (χ2n) is 3.44. The highest BCUT2D eigenvalue weighted by Gasteiger charge is 2.12. The highest BCUT2D eigenvalue weighted by molar-refractivity contribution is 8.00. The van der Waals surface area contributed by atoms with Crippen molar-refractivity contribution in [2.75, 3.05) is 17.8 Å². The second-order valence-corrected chi connectivity index (χ2v) is 7.16. The topological polar surface area (TPSA) is 106 Å². The van der Waals surface area contributed by atoms with Crippen LogP contribution >= 0.6 is 23.4 Å². The van der Waals surface area contributed by atoms with Crippen molar-refractivity contribution in [3.63, 3.8) is 0 Å². The molecule has 0 bridgehead atoms. The number of halogens is 1. The summed E-state index contributed by atoms with van der Waals surface area (Å²) >= 11 is 7.23. The van der Waals surface area contributed by atoms with E-state index in [9.17, 15) is 8.42 Å². The summed E-state index contributed by atoms with van der Waals surface area (Å²) in [5.74, 6) is 0.252. The van der Waals surface area contributed by atoms with Crippen molar-refractivity contribution in [1.82, 2.24) is 4.98 Å². The highest BCUT2D eigenvalue weighted by atomic mass is 35.5. The predicted octanol–water partition coefficient (Wildman–Crippen LogP) is 0.966. The molecule has 0 unspecified atom stereocenters. The zero-order valence-electron chi connectivity index (χ0n) is 9.50. The van der Waals surface area contributed by atoms with Crippen molar-refractivity contribution in [1.29, 1.82) is 0 Å². The molecule has 1 rings (SSSR count). The number of pyridine rings is 1. The Morgan fingerprint density at radius 1 is 1.67 bits per heavy atom. The predicted molar refractivity (Wildman–Crippen MR) is 72.2 cm³/mol. The minimum atomic E-state index is -3.02. The average Bonchev–Trinajstić information content (AvgIpc) is 2.29. The molecule has 0 radical (unpaired) electrons. The number of rotatable bonds is 5. The molecule has 0 saturated heterocycles. The van der Waals surface area contributed by atoms with Crippen LogP contribution in [0.15, 0.2) is 22.4 Å². The quantitative estimate of drug-likeness (QED) is 0.276. The summed E-state index contributed by atoms with van der Waals surface area (Å²) in [7, 11) is -3.02. The van der Waals surface area contributed by atoms with E-state index in [0.29, 0.717) is 16.3 Å². The Morgan fingerprint density at radius 2 is 2.33 bits per heavy atom. The summed E-state index contributed by atoms with van der Waals surface area (Å²) < 4.78 is 22.0. The second kappa shape index (κ2) is 6.26. The van der Waals surface area contributed by atoms with E-state index in [2.05, 4.69) is 10.1 Å². The fraction of sp³-hybridized carbons (Fsp3) is 0.333. The monoisotopic (exact) mass is 309 g/mol. The normalized spacial score (nSPS) is 12.7. The first-order chi connectivity index (χ1) is 8.35. The maximum absolute atomic E-state index is 11.0. The van der Waals surface area contributed by atoms with Gasteiger partial charge in [-0.15, -0.1) is 11.8 Å². The third-order valence-electron chi connectivity index (χ3n) is 1.93. The number of nitrogens with two attached hydrogens (primary N) is 1. The lowest BCUT2D eigenvalue weighted by Crippen LogP contribution is -2.14. The van der Waals surface area contributed by atoms with E-state index in [1.165, 1.54) is 24.0 Å². The molecule has 6 nitrogen and oxygen atoms in total. The summed E-state index contributed by atoms with van der Waals surface area (Å²) in [6.45, 7) is 0. The van der Waals surface area contributed by atoms with Gasteiger partial charge in [-0.1, -0.05) is 16.8 Å². The van der Waals surface area contributed by atoms with Crippen molar-refractivity contribution >= 4 is 39.0 Å². The van der Waals surface area contributed by atoms with Crippen molar-refractivity contribution in [3.05, 3.63) is 22.8 Å². The van der Waals surface area contributed by atoms with E-state index < -0.39 is 9.84 Å². The van der Waals surface area contributed by atoms with Gasteiger partial charge in [0.05, 0.1) is 10.8 Å². The van der Waals surface area contributed by atoms with Crippen LogP contribution in [-0.4, -0.2) is 42.2 Å². The van der Waals surface area contributed by atoms with Crippen LogP contribution in [0.1, 0.15) is 5.56 Å². The van der Waals surface area contributed by atoms with Crippen molar-refractivity contribution < 1.29 is 13.6 Å². The van der Waals surface area contributed by atoms with Gasteiger partial charge in [-0.2, -0.15) is 0 Å². The van der Waals surface area contributed by atoms with Gasteiger partial charge < -0.3 is 10.9 Å². The minimum absolute atomic E-state index is 0.0312. The van der Waals surface area contributed by atoms with Crippen LogP contribution < -0.4 is 5.73 Å². The molecule has 0 atom stereocenters. The summed E-state index contributed by atoms with van der Waals surface area (Å²) in [5, 5.41) is 12.1. The lowest BCUT2D eigenvalue weighted by Gasteiger charge is -2.06. The first-order valence-corrected chi connectivity index (χ1v) is 8.20. The summed E-state index contributed by atoms with van der Waals surface area (Å²) in [6.07, 6.45) is 2.62. The minimum Gasteiger partial charge on any atom is -0.409 e. The van der Waals surface area contributed by atoms with Crippen molar-refractivity contribution in [2.24, 2.45) is 10.9 Å². The molecule has 0 aromatic carbocycles. The molecule has 0 spiro atoms. The van der Waals surface area contributed by atoms with Crippen LogP contribution in [0, 0.1) is 0 Å². The molecule has 1 heterocycles. The molecule has 1 aromatic rings. The molecule has 0 fully saturated rings. The van der Waals surface area contributed by atoms with Crippen molar-refractivity contribution in [3.8, 4) is 0 Å². The molecular weight excluding hydrogens is 298 g/mol. The fourth-order valence-corrected chi connectivity index (χ4v) is 3.55. The Balaban J connectivity index is 2.85. The van der Waals surface area contributed by atoms with Gasteiger partial charge in [0.15, 0.2) is 5.84 Å². The largest absolute Gasteiger partial charge is 0.409 e. The molecule has 18 heavy (non-hydrogen) atoms. The Bertz CT molecular complexity index is 560. The number of sulfone groups is 1. The standard InChI is InChI=1S/C9H12ClN3O3S2/c1-18(15,16)5-4-17-9-7(10)6(2-3-12-9)8(11)13-14/h2-3,14H,4-5H2,1H3,(H2,11,13). The van der Waals surface area contributed by atoms with Gasteiger partial charge in [0.1, 0.15) is 14.9 Å². The average molecular weight is 310 g/mol. The zero-order valence-corrected chi connectivity index (χ0v) is 11.9. The van der Waals surface area contributed by atoms with Gasteiger partial charge in [0.2, 0.25) is 0 Å². The van der Waals surface area contributed by atoms with Crippen LogP contribution in [0.4, 0.5) is 0 Å². The molecule has 0 aliphatic rings. The number of thioether (sulfide) groups is 1. The lowest BCUT2D eigenvalue weighted by molar-refractivity contribution is 0.318. The van der Waals surface area contributed by atoms with E-state index in [-0.39, 0.29) is 16.6 Å². The number of hydrogen-bond donors (Lipinski definition) is 2. The number of aromatic nitrogens is 1. The fourth-order valence-electron chi connectivity index (χ4n) is 1.07. The van der Waals surface area contributed by atoms with Gasteiger partial charge >= 0.3 is 0 Å². The van der Waals surface area contributed by atoms with Gasteiger partial charge in [-0.3, -0.25) is 0 Å². The molecule has 3 N–H and O–H groups in total. The molecule has 1 aromatic heterocycles. The van der Waals surface area contributed by atoms with Gasteiger partial charge in [0.25, 0.3) is 0 Å². The first-order valence-electron chi connectivity index (χ1n) is 4.78. The number of hydrogen-bond acceptors (Lipinski definition) is 6. The number of nitrogens with zero attached hydrogens (tertiary/aromatic N) is 2. The lowest BCUT2D eigenvalue weighted by atomic mass is 10.2. The van der Waals surface area contributed by atoms with Crippen LogP contribution in [0.25, 0.3) is 0 Å². The Hall–Kier alpha value is -0.990. The highest BCUT2D eigenvalue weighted by Crippen LogP contribution is 2.27. The van der Waals surface area contributed by atoms with Crippen LogP contribution in [-0.2, 0) is 9.84 Å². The van der Waals surface area contributed by atoms with E-state index >= 15 is 0 Å². The molecule has 100 valence electrons. The van der Waals surface area contributed by atoms with Gasteiger partial charge in [-0.25, -0.2) is 13.4 Å².